The zero-order chi connectivity index (χ0) is 11.0. The van der Waals surface area contributed by atoms with Crippen LogP contribution in [0.25, 0.3) is 0 Å². The van der Waals surface area contributed by atoms with Crippen molar-refractivity contribution in [2.45, 2.75) is 40.5 Å². The second-order valence-corrected chi connectivity index (χ2v) is 4.07. The average Bonchev–Trinajstić information content (AvgIpc) is 2.14. The molecule has 0 aromatic heterocycles. The Balaban J connectivity index is 3.88. The highest BCUT2D eigenvalue weighted by atomic mass is 16.2. The summed E-state index contributed by atoms with van der Waals surface area (Å²) in [4.78, 5) is 13.5. The number of hydrogen-bond donors (Lipinski definition) is 1. The van der Waals surface area contributed by atoms with E-state index in [0.717, 1.165) is 32.5 Å². The lowest BCUT2D eigenvalue weighted by atomic mass is 10.2. The Morgan fingerprint density at radius 1 is 1.21 bits per heavy atom. The molecule has 0 atom stereocenters. The largest absolute Gasteiger partial charge is 0.338 e. The van der Waals surface area contributed by atoms with Crippen molar-refractivity contribution in [3.8, 4) is 0 Å². The van der Waals surface area contributed by atoms with Gasteiger partial charge >= 0.3 is 6.03 Å². The molecule has 0 aromatic carbocycles. The van der Waals surface area contributed by atoms with Crippen LogP contribution < -0.4 is 5.32 Å². The van der Waals surface area contributed by atoms with Crippen LogP contribution in [0.1, 0.15) is 40.5 Å². The van der Waals surface area contributed by atoms with Crippen LogP contribution in [0, 0.1) is 5.92 Å². The second kappa shape index (κ2) is 7.65. The monoisotopic (exact) mass is 200 g/mol. The number of hydrogen-bond acceptors (Lipinski definition) is 1. The van der Waals surface area contributed by atoms with Gasteiger partial charge in [-0.2, -0.15) is 0 Å². The molecular weight excluding hydrogens is 176 g/mol. The molecule has 0 radical (unpaired) electrons. The third-order valence-electron chi connectivity index (χ3n) is 1.94. The van der Waals surface area contributed by atoms with Gasteiger partial charge in [-0.1, -0.05) is 27.7 Å². The van der Waals surface area contributed by atoms with Gasteiger partial charge < -0.3 is 10.2 Å². The maximum Gasteiger partial charge on any atom is 0.317 e. The van der Waals surface area contributed by atoms with E-state index in [2.05, 4.69) is 33.0 Å². The SMILES string of the molecule is CCCN(CCC)C(=O)NCC(C)C. The summed E-state index contributed by atoms with van der Waals surface area (Å²) < 4.78 is 0. The fourth-order valence-electron chi connectivity index (χ4n) is 1.26. The first-order valence-electron chi connectivity index (χ1n) is 5.64. The van der Waals surface area contributed by atoms with Crippen LogP contribution in [0.3, 0.4) is 0 Å². The van der Waals surface area contributed by atoms with Crippen molar-refractivity contribution in [1.29, 1.82) is 0 Å². The topological polar surface area (TPSA) is 32.3 Å². The van der Waals surface area contributed by atoms with Crippen LogP contribution in [0.2, 0.25) is 0 Å². The fraction of sp³-hybridized carbons (Fsp3) is 0.909. The first-order chi connectivity index (χ1) is 6.61. The van der Waals surface area contributed by atoms with Gasteiger partial charge in [-0.25, -0.2) is 4.79 Å². The second-order valence-electron chi connectivity index (χ2n) is 4.07. The zero-order valence-corrected chi connectivity index (χ0v) is 9.97. The Morgan fingerprint density at radius 3 is 2.07 bits per heavy atom. The molecule has 84 valence electrons. The summed E-state index contributed by atoms with van der Waals surface area (Å²) >= 11 is 0. The Hall–Kier alpha value is -0.730. The van der Waals surface area contributed by atoms with Crippen molar-refractivity contribution in [3.63, 3.8) is 0 Å². The highest BCUT2D eigenvalue weighted by molar-refractivity contribution is 5.74. The van der Waals surface area contributed by atoms with E-state index in [-0.39, 0.29) is 6.03 Å². The predicted octanol–water partition coefficient (Wildman–Crippen LogP) is 2.47. The van der Waals surface area contributed by atoms with Gasteiger partial charge in [0.2, 0.25) is 0 Å². The number of amides is 2. The maximum atomic E-state index is 11.6. The molecule has 0 saturated carbocycles. The van der Waals surface area contributed by atoms with Crippen molar-refractivity contribution in [3.05, 3.63) is 0 Å². The average molecular weight is 200 g/mol. The van der Waals surface area contributed by atoms with E-state index in [4.69, 9.17) is 0 Å². The minimum absolute atomic E-state index is 0.0856. The summed E-state index contributed by atoms with van der Waals surface area (Å²) in [5.74, 6) is 0.518. The predicted molar refractivity (Wildman–Crippen MR) is 60.4 cm³/mol. The van der Waals surface area contributed by atoms with E-state index in [9.17, 15) is 4.79 Å². The molecule has 0 rings (SSSR count). The van der Waals surface area contributed by atoms with Gasteiger partial charge in [0.15, 0.2) is 0 Å². The third-order valence-corrected chi connectivity index (χ3v) is 1.94. The molecule has 0 aliphatic rings. The van der Waals surface area contributed by atoms with Crippen LogP contribution in [-0.4, -0.2) is 30.6 Å². The number of urea groups is 1. The highest BCUT2D eigenvalue weighted by Gasteiger charge is 2.10. The van der Waals surface area contributed by atoms with Crippen molar-refractivity contribution in [2.75, 3.05) is 19.6 Å². The van der Waals surface area contributed by atoms with Gasteiger partial charge in [0, 0.05) is 19.6 Å². The van der Waals surface area contributed by atoms with Gasteiger partial charge in [-0.3, -0.25) is 0 Å². The number of carbonyl (C=O) groups is 1. The first kappa shape index (κ1) is 13.3. The van der Waals surface area contributed by atoms with Crippen molar-refractivity contribution in [1.82, 2.24) is 10.2 Å². The molecule has 3 nitrogen and oxygen atoms in total. The van der Waals surface area contributed by atoms with Crippen molar-refractivity contribution < 1.29 is 4.79 Å². The van der Waals surface area contributed by atoms with Crippen molar-refractivity contribution >= 4 is 6.03 Å². The third kappa shape index (κ3) is 5.84. The lowest BCUT2D eigenvalue weighted by molar-refractivity contribution is 0.196. The maximum absolute atomic E-state index is 11.6. The summed E-state index contributed by atoms with van der Waals surface area (Å²) in [6.07, 6.45) is 2.05. The normalized spacial score (nSPS) is 10.4. The number of nitrogens with one attached hydrogen (secondary N) is 1. The Labute approximate surface area is 87.9 Å². The van der Waals surface area contributed by atoms with E-state index in [0.29, 0.717) is 5.92 Å². The molecule has 0 fully saturated rings. The minimum Gasteiger partial charge on any atom is -0.338 e. The van der Waals surface area contributed by atoms with Gasteiger partial charge in [-0.15, -0.1) is 0 Å². The van der Waals surface area contributed by atoms with E-state index >= 15 is 0 Å². The van der Waals surface area contributed by atoms with E-state index < -0.39 is 0 Å². The molecule has 2 amide bonds. The summed E-state index contributed by atoms with van der Waals surface area (Å²) in [5.41, 5.74) is 0. The van der Waals surface area contributed by atoms with Gasteiger partial charge in [0.1, 0.15) is 0 Å². The molecule has 0 heterocycles. The van der Waals surface area contributed by atoms with Gasteiger partial charge in [0.05, 0.1) is 0 Å². The molecule has 0 aliphatic heterocycles. The van der Waals surface area contributed by atoms with Crippen LogP contribution in [0.15, 0.2) is 0 Å². The van der Waals surface area contributed by atoms with Crippen LogP contribution in [-0.2, 0) is 0 Å². The molecule has 1 N–H and O–H groups in total. The van der Waals surface area contributed by atoms with Crippen LogP contribution in [0.4, 0.5) is 4.79 Å². The molecule has 0 aromatic rings. The summed E-state index contributed by atoms with van der Waals surface area (Å²) in [5, 5.41) is 2.94. The fourth-order valence-corrected chi connectivity index (χ4v) is 1.26. The quantitative estimate of drug-likeness (QED) is 0.702. The molecule has 0 aliphatic carbocycles. The molecule has 0 unspecified atom stereocenters. The highest BCUT2D eigenvalue weighted by Crippen LogP contribution is 1.96. The van der Waals surface area contributed by atoms with E-state index in [1.165, 1.54) is 0 Å². The minimum atomic E-state index is 0.0856. The number of rotatable bonds is 6. The smallest absolute Gasteiger partial charge is 0.317 e. The molecular formula is C11H24N2O. The Morgan fingerprint density at radius 2 is 1.71 bits per heavy atom. The molecule has 0 spiro atoms. The first-order valence-corrected chi connectivity index (χ1v) is 5.64. The summed E-state index contributed by atoms with van der Waals surface area (Å²) in [7, 11) is 0. The molecule has 3 heteroatoms. The molecule has 0 saturated heterocycles. The van der Waals surface area contributed by atoms with Crippen LogP contribution in [0.5, 0.6) is 0 Å². The molecule has 14 heavy (non-hydrogen) atoms. The Bertz CT molecular complexity index is 151. The molecule has 0 bridgehead atoms. The standard InChI is InChI=1S/C11H24N2O/c1-5-7-13(8-6-2)11(14)12-9-10(3)4/h10H,5-9H2,1-4H3,(H,12,14). The van der Waals surface area contributed by atoms with Gasteiger partial charge in [-0.05, 0) is 18.8 Å². The summed E-state index contributed by atoms with van der Waals surface area (Å²) in [6, 6.07) is 0.0856. The van der Waals surface area contributed by atoms with E-state index in [1.807, 2.05) is 4.90 Å². The lowest BCUT2D eigenvalue weighted by Crippen LogP contribution is -2.42. The van der Waals surface area contributed by atoms with Crippen molar-refractivity contribution in [2.24, 2.45) is 5.92 Å². The Kier molecular flexibility index (Phi) is 7.25. The number of carbonyl (C=O) groups excluding carboxylic acids is 1. The lowest BCUT2D eigenvalue weighted by Gasteiger charge is -2.22. The van der Waals surface area contributed by atoms with Crippen LogP contribution >= 0.6 is 0 Å². The zero-order valence-electron chi connectivity index (χ0n) is 9.97. The van der Waals surface area contributed by atoms with Gasteiger partial charge in [0.25, 0.3) is 0 Å². The van der Waals surface area contributed by atoms with E-state index in [1.54, 1.807) is 0 Å². The summed E-state index contributed by atoms with van der Waals surface area (Å²) in [6.45, 7) is 10.9. The number of nitrogens with zero attached hydrogens (tertiary/aromatic N) is 1.